The zero-order chi connectivity index (χ0) is 23.3. The molecule has 0 spiro atoms. The molecule has 2 aliphatic heterocycles. The average Bonchev–Trinajstić information content (AvgIpc) is 2.83. The van der Waals surface area contributed by atoms with E-state index in [1.807, 2.05) is 0 Å². The van der Waals surface area contributed by atoms with Crippen molar-refractivity contribution < 1.29 is 32.2 Å². The molecule has 0 N–H and O–H groups in total. The molecule has 1 aromatic rings. The molecule has 2 fully saturated rings. The van der Waals surface area contributed by atoms with E-state index in [-0.39, 0.29) is 29.2 Å². The highest BCUT2D eigenvalue weighted by Gasteiger charge is 2.37. The summed E-state index contributed by atoms with van der Waals surface area (Å²) in [5, 5.41) is 0. The molecule has 2 aliphatic rings. The summed E-state index contributed by atoms with van der Waals surface area (Å²) in [4.78, 5) is 26.9. The maximum atomic E-state index is 13.2. The van der Waals surface area contributed by atoms with Crippen LogP contribution in [0, 0.1) is 11.8 Å². The number of carbonyl (C=O) groups excluding carboxylic acids is 2. The van der Waals surface area contributed by atoms with Gasteiger partial charge in [0.2, 0.25) is 15.9 Å². The van der Waals surface area contributed by atoms with Crippen molar-refractivity contribution in [3.05, 3.63) is 18.2 Å². The Morgan fingerprint density at radius 1 is 1.00 bits per heavy atom. The molecule has 0 aliphatic carbocycles. The number of piperidine rings is 2. The Labute approximate surface area is 189 Å². The van der Waals surface area contributed by atoms with Crippen LogP contribution in [-0.2, 0) is 24.3 Å². The monoisotopic (exact) mass is 468 g/mol. The van der Waals surface area contributed by atoms with Gasteiger partial charge < -0.3 is 19.1 Å². The van der Waals surface area contributed by atoms with Gasteiger partial charge in [-0.15, -0.1) is 0 Å². The first-order valence-corrected chi connectivity index (χ1v) is 12.4. The molecule has 2 heterocycles. The summed E-state index contributed by atoms with van der Waals surface area (Å²) in [7, 11) is -0.835. The number of ether oxygens (including phenoxy) is 3. The van der Waals surface area contributed by atoms with Crippen molar-refractivity contribution >= 4 is 21.9 Å². The number of esters is 1. The van der Waals surface area contributed by atoms with E-state index < -0.39 is 15.9 Å². The van der Waals surface area contributed by atoms with Crippen molar-refractivity contribution in [2.24, 2.45) is 11.8 Å². The van der Waals surface area contributed by atoms with Crippen LogP contribution in [0.2, 0.25) is 0 Å². The summed E-state index contributed by atoms with van der Waals surface area (Å²) < 4.78 is 43.4. The molecule has 0 radical (unpaired) electrons. The Bertz CT molecular complexity index is 926. The van der Waals surface area contributed by atoms with Crippen LogP contribution < -0.4 is 9.47 Å². The third kappa shape index (κ3) is 5.17. The minimum Gasteiger partial charge on any atom is -0.493 e. The molecule has 0 aromatic heterocycles. The van der Waals surface area contributed by atoms with Crippen molar-refractivity contribution in [3.63, 3.8) is 0 Å². The summed E-state index contributed by atoms with van der Waals surface area (Å²) in [6, 6.07) is 4.49. The molecule has 1 atom stereocenters. The van der Waals surface area contributed by atoms with Crippen LogP contribution in [-0.4, -0.2) is 76.5 Å². The van der Waals surface area contributed by atoms with Crippen LogP contribution in [0.3, 0.4) is 0 Å². The van der Waals surface area contributed by atoms with Crippen molar-refractivity contribution in [2.75, 3.05) is 47.0 Å². The number of methoxy groups -OCH3 is 2. The molecule has 9 nitrogen and oxygen atoms in total. The summed E-state index contributed by atoms with van der Waals surface area (Å²) in [6.07, 6.45) is 2.41. The number of hydrogen-bond acceptors (Lipinski definition) is 7. The van der Waals surface area contributed by atoms with E-state index >= 15 is 0 Å². The lowest BCUT2D eigenvalue weighted by molar-refractivity contribution is -0.152. The molecule has 0 unspecified atom stereocenters. The largest absolute Gasteiger partial charge is 0.493 e. The number of amides is 1. The predicted octanol–water partition coefficient (Wildman–Crippen LogP) is 1.91. The molecule has 3 rings (SSSR count). The molecule has 1 aromatic carbocycles. The summed E-state index contributed by atoms with van der Waals surface area (Å²) in [5.74, 6) is -0.0267. The maximum absolute atomic E-state index is 13.2. The second-order valence-electron chi connectivity index (χ2n) is 8.07. The van der Waals surface area contributed by atoms with E-state index in [1.165, 1.54) is 30.7 Å². The summed E-state index contributed by atoms with van der Waals surface area (Å²) in [6.45, 7) is 3.62. The highest BCUT2D eigenvalue weighted by molar-refractivity contribution is 7.89. The third-order valence-electron chi connectivity index (χ3n) is 6.15. The Morgan fingerprint density at radius 3 is 2.31 bits per heavy atom. The molecule has 0 bridgehead atoms. The van der Waals surface area contributed by atoms with E-state index in [0.717, 1.165) is 0 Å². The SMILES string of the molecule is CCOC(=O)C1CCN(C(=O)[C@@H]2CCCN(S(=O)(=O)c3ccc(OC)c(OC)c3)C2)CC1. The minimum absolute atomic E-state index is 0.0421. The number of carbonyl (C=O) groups is 2. The Morgan fingerprint density at radius 2 is 1.69 bits per heavy atom. The van der Waals surface area contributed by atoms with Gasteiger partial charge in [0.25, 0.3) is 0 Å². The fraction of sp³-hybridized carbons (Fsp3) is 0.636. The number of nitrogens with zero attached hydrogens (tertiary/aromatic N) is 2. The van der Waals surface area contributed by atoms with Gasteiger partial charge in [-0.3, -0.25) is 9.59 Å². The van der Waals surface area contributed by atoms with Gasteiger partial charge in [0, 0.05) is 32.2 Å². The molecule has 2 saturated heterocycles. The van der Waals surface area contributed by atoms with Crippen LogP contribution in [0.4, 0.5) is 0 Å². The van der Waals surface area contributed by atoms with E-state index in [0.29, 0.717) is 63.4 Å². The van der Waals surface area contributed by atoms with Gasteiger partial charge in [0.1, 0.15) is 0 Å². The number of rotatable bonds is 7. The fourth-order valence-electron chi connectivity index (χ4n) is 4.34. The van der Waals surface area contributed by atoms with Gasteiger partial charge in [-0.2, -0.15) is 4.31 Å². The average molecular weight is 469 g/mol. The minimum atomic E-state index is -3.78. The highest BCUT2D eigenvalue weighted by Crippen LogP contribution is 2.32. The zero-order valence-electron chi connectivity index (χ0n) is 18.9. The van der Waals surface area contributed by atoms with E-state index in [4.69, 9.17) is 14.2 Å². The quantitative estimate of drug-likeness (QED) is 0.563. The normalized spacial score (nSPS) is 20.6. The van der Waals surface area contributed by atoms with Crippen LogP contribution in [0.15, 0.2) is 23.1 Å². The van der Waals surface area contributed by atoms with Gasteiger partial charge >= 0.3 is 5.97 Å². The van der Waals surface area contributed by atoms with Gasteiger partial charge in [0.05, 0.1) is 37.6 Å². The molecule has 178 valence electrons. The van der Waals surface area contributed by atoms with Crippen LogP contribution >= 0.6 is 0 Å². The predicted molar refractivity (Wildman–Crippen MR) is 117 cm³/mol. The smallest absolute Gasteiger partial charge is 0.309 e. The summed E-state index contributed by atoms with van der Waals surface area (Å²) >= 11 is 0. The molecule has 10 heteroatoms. The standard InChI is InChI=1S/C22H32N2O7S/c1-4-31-22(26)16-9-12-23(13-10-16)21(25)17-6-5-11-24(15-17)32(27,28)18-7-8-19(29-2)20(14-18)30-3/h7-8,14,16-17H,4-6,9-13,15H2,1-3H3/t17-/m1/s1. The summed E-state index contributed by atoms with van der Waals surface area (Å²) in [5.41, 5.74) is 0. The van der Waals surface area contributed by atoms with Crippen LogP contribution in [0.1, 0.15) is 32.6 Å². The van der Waals surface area contributed by atoms with Gasteiger partial charge in [-0.1, -0.05) is 0 Å². The van der Waals surface area contributed by atoms with Crippen molar-refractivity contribution in [1.82, 2.24) is 9.21 Å². The molecular weight excluding hydrogens is 436 g/mol. The molecule has 1 amide bonds. The second kappa shape index (κ2) is 10.5. The first-order chi connectivity index (χ1) is 15.3. The Balaban J connectivity index is 1.66. The first-order valence-electron chi connectivity index (χ1n) is 11.0. The highest BCUT2D eigenvalue weighted by atomic mass is 32.2. The fourth-order valence-corrected chi connectivity index (χ4v) is 5.88. The number of hydrogen-bond donors (Lipinski definition) is 0. The lowest BCUT2D eigenvalue weighted by atomic mass is 9.93. The van der Waals surface area contributed by atoms with E-state index in [1.54, 1.807) is 17.9 Å². The topological polar surface area (TPSA) is 102 Å². The lowest BCUT2D eigenvalue weighted by Crippen LogP contribution is -2.49. The van der Waals surface area contributed by atoms with Crippen LogP contribution in [0.5, 0.6) is 11.5 Å². The number of likely N-dealkylation sites (tertiary alicyclic amines) is 1. The van der Waals surface area contributed by atoms with Crippen LogP contribution in [0.25, 0.3) is 0 Å². The lowest BCUT2D eigenvalue weighted by Gasteiger charge is -2.37. The third-order valence-corrected chi connectivity index (χ3v) is 8.01. The van der Waals surface area contributed by atoms with E-state index in [9.17, 15) is 18.0 Å². The van der Waals surface area contributed by atoms with Crippen molar-refractivity contribution in [1.29, 1.82) is 0 Å². The maximum Gasteiger partial charge on any atom is 0.309 e. The Hall–Kier alpha value is -2.33. The van der Waals surface area contributed by atoms with E-state index in [2.05, 4.69) is 0 Å². The molecule has 0 saturated carbocycles. The number of sulfonamides is 1. The number of benzene rings is 1. The first kappa shape index (κ1) is 24.3. The second-order valence-corrected chi connectivity index (χ2v) is 10.0. The van der Waals surface area contributed by atoms with Crippen molar-refractivity contribution in [3.8, 4) is 11.5 Å². The molecule has 32 heavy (non-hydrogen) atoms. The zero-order valence-corrected chi connectivity index (χ0v) is 19.7. The van der Waals surface area contributed by atoms with Gasteiger partial charge in [-0.25, -0.2) is 8.42 Å². The molecular formula is C22H32N2O7S. The van der Waals surface area contributed by atoms with Gasteiger partial charge in [-0.05, 0) is 44.7 Å². The Kier molecular flexibility index (Phi) is 8.00. The van der Waals surface area contributed by atoms with Gasteiger partial charge in [0.15, 0.2) is 11.5 Å². The van der Waals surface area contributed by atoms with Crippen molar-refractivity contribution in [2.45, 2.75) is 37.5 Å².